The van der Waals surface area contributed by atoms with Crippen molar-refractivity contribution in [2.75, 3.05) is 13.1 Å². The predicted molar refractivity (Wildman–Crippen MR) is 46.4 cm³/mol. The Hall–Kier alpha value is -1.26. The van der Waals surface area contributed by atoms with E-state index in [1.165, 1.54) is 4.90 Å². The van der Waals surface area contributed by atoms with Gasteiger partial charge in [0.15, 0.2) is 0 Å². The highest BCUT2D eigenvalue weighted by Gasteiger charge is 2.31. The van der Waals surface area contributed by atoms with Gasteiger partial charge in [-0.15, -0.1) is 0 Å². The van der Waals surface area contributed by atoms with Crippen molar-refractivity contribution >= 4 is 12.0 Å². The number of hydrogen-bond donors (Lipinski definition) is 2. The molecule has 0 bridgehead atoms. The molecule has 0 aromatic heterocycles. The van der Waals surface area contributed by atoms with Crippen LogP contribution in [-0.2, 0) is 4.79 Å². The summed E-state index contributed by atoms with van der Waals surface area (Å²) in [7, 11) is 0. The fourth-order valence-corrected chi connectivity index (χ4v) is 1.50. The Morgan fingerprint density at radius 3 is 3.00 bits per heavy atom. The van der Waals surface area contributed by atoms with Crippen molar-refractivity contribution in [3.05, 3.63) is 0 Å². The van der Waals surface area contributed by atoms with Gasteiger partial charge in [0.1, 0.15) is 6.04 Å². The van der Waals surface area contributed by atoms with Gasteiger partial charge in [-0.05, 0) is 6.42 Å². The number of amides is 2. The molecule has 5 heteroatoms. The molecule has 2 N–H and O–H groups in total. The molecule has 0 aliphatic carbocycles. The van der Waals surface area contributed by atoms with Crippen LogP contribution in [0.4, 0.5) is 4.79 Å². The number of carboxylic acid groups (broad SMARTS) is 1. The molecule has 0 saturated carbocycles. The molecule has 13 heavy (non-hydrogen) atoms. The molecule has 0 aromatic rings. The maximum Gasteiger partial charge on any atom is 0.408 e. The van der Waals surface area contributed by atoms with Gasteiger partial charge in [0.2, 0.25) is 5.91 Å². The van der Waals surface area contributed by atoms with Gasteiger partial charge in [-0.25, -0.2) is 4.79 Å². The molecule has 1 aliphatic rings. The molecule has 2 amide bonds. The number of nitrogens with one attached hydrogen (secondary N) is 1. The summed E-state index contributed by atoms with van der Waals surface area (Å²) >= 11 is 0. The Bertz CT molecular complexity index is 217. The molecular formula is C8H14N2O3. The Labute approximate surface area is 76.7 Å². The SMILES string of the molecule is CCC[C@H]1C(=O)NCCN1C(=O)O. The van der Waals surface area contributed by atoms with E-state index < -0.39 is 12.1 Å². The van der Waals surface area contributed by atoms with Gasteiger partial charge >= 0.3 is 6.09 Å². The summed E-state index contributed by atoms with van der Waals surface area (Å²) in [6, 6.07) is -0.490. The highest BCUT2D eigenvalue weighted by atomic mass is 16.4. The third-order valence-electron chi connectivity index (χ3n) is 2.14. The lowest BCUT2D eigenvalue weighted by molar-refractivity contribution is -0.128. The first-order chi connectivity index (χ1) is 6.16. The van der Waals surface area contributed by atoms with Crippen LogP contribution in [0.15, 0.2) is 0 Å². The molecule has 1 saturated heterocycles. The minimum absolute atomic E-state index is 0.171. The number of hydrogen-bond acceptors (Lipinski definition) is 2. The number of rotatable bonds is 2. The van der Waals surface area contributed by atoms with Crippen LogP contribution in [0.25, 0.3) is 0 Å². The lowest BCUT2D eigenvalue weighted by atomic mass is 10.1. The average Bonchev–Trinajstić information content (AvgIpc) is 2.08. The molecule has 0 spiro atoms. The van der Waals surface area contributed by atoms with Crippen LogP contribution in [0.1, 0.15) is 19.8 Å². The molecule has 5 nitrogen and oxygen atoms in total. The first-order valence-corrected chi connectivity index (χ1v) is 4.44. The second kappa shape index (κ2) is 4.11. The summed E-state index contributed by atoms with van der Waals surface area (Å²) in [5.41, 5.74) is 0. The highest BCUT2D eigenvalue weighted by Crippen LogP contribution is 2.10. The smallest absolute Gasteiger partial charge is 0.408 e. The van der Waals surface area contributed by atoms with Gasteiger partial charge < -0.3 is 10.4 Å². The van der Waals surface area contributed by atoms with E-state index in [-0.39, 0.29) is 5.91 Å². The van der Waals surface area contributed by atoms with Gasteiger partial charge in [0.25, 0.3) is 0 Å². The third kappa shape index (κ3) is 2.11. The van der Waals surface area contributed by atoms with Gasteiger partial charge in [-0.1, -0.05) is 13.3 Å². The van der Waals surface area contributed by atoms with E-state index in [0.29, 0.717) is 19.5 Å². The minimum Gasteiger partial charge on any atom is -0.465 e. The number of carbonyl (C=O) groups is 2. The van der Waals surface area contributed by atoms with E-state index >= 15 is 0 Å². The zero-order chi connectivity index (χ0) is 9.84. The predicted octanol–water partition coefficient (Wildman–Crippen LogP) is 0.265. The average molecular weight is 186 g/mol. The molecule has 0 aromatic carbocycles. The molecule has 1 rings (SSSR count). The van der Waals surface area contributed by atoms with Crippen molar-refractivity contribution in [1.29, 1.82) is 0 Å². The van der Waals surface area contributed by atoms with Crippen molar-refractivity contribution in [3.63, 3.8) is 0 Å². The fourth-order valence-electron chi connectivity index (χ4n) is 1.50. The molecule has 1 fully saturated rings. The molecule has 74 valence electrons. The quantitative estimate of drug-likeness (QED) is 0.650. The van der Waals surface area contributed by atoms with Crippen LogP contribution < -0.4 is 5.32 Å². The van der Waals surface area contributed by atoms with Crippen LogP contribution in [-0.4, -0.2) is 41.1 Å². The first-order valence-electron chi connectivity index (χ1n) is 4.44. The van der Waals surface area contributed by atoms with Gasteiger partial charge in [0.05, 0.1) is 0 Å². The lowest BCUT2D eigenvalue weighted by Gasteiger charge is -2.32. The zero-order valence-corrected chi connectivity index (χ0v) is 7.62. The van der Waals surface area contributed by atoms with Gasteiger partial charge in [-0.3, -0.25) is 9.69 Å². The number of nitrogens with zero attached hydrogens (tertiary/aromatic N) is 1. The van der Waals surface area contributed by atoms with E-state index in [9.17, 15) is 9.59 Å². The Balaban J connectivity index is 2.67. The minimum atomic E-state index is -1.01. The van der Waals surface area contributed by atoms with Crippen LogP contribution >= 0.6 is 0 Å². The van der Waals surface area contributed by atoms with Crippen LogP contribution in [0.5, 0.6) is 0 Å². The molecule has 0 unspecified atom stereocenters. The summed E-state index contributed by atoms with van der Waals surface area (Å²) in [6.07, 6.45) is 0.397. The normalized spacial score (nSPS) is 22.7. The van der Waals surface area contributed by atoms with Crippen LogP contribution in [0.3, 0.4) is 0 Å². The monoisotopic (exact) mass is 186 g/mol. The maximum atomic E-state index is 11.3. The summed E-state index contributed by atoms with van der Waals surface area (Å²) in [4.78, 5) is 23.2. The largest absolute Gasteiger partial charge is 0.465 e. The fraction of sp³-hybridized carbons (Fsp3) is 0.750. The van der Waals surface area contributed by atoms with Crippen molar-refractivity contribution in [1.82, 2.24) is 10.2 Å². The topological polar surface area (TPSA) is 69.6 Å². The summed E-state index contributed by atoms with van der Waals surface area (Å²) in [5, 5.41) is 11.5. The van der Waals surface area contributed by atoms with Crippen LogP contribution in [0, 0.1) is 0 Å². The molecule has 1 atom stereocenters. The molecule has 1 heterocycles. The summed E-state index contributed by atoms with van der Waals surface area (Å²) in [5.74, 6) is -0.171. The van der Waals surface area contributed by atoms with Crippen molar-refractivity contribution in [2.45, 2.75) is 25.8 Å². The third-order valence-corrected chi connectivity index (χ3v) is 2.14. The van der Waals surface area contributed by atoms with Crippen molar-refractivity contribution in [3.8, 4) is 0 Å². The maximum absolute atomic E-state index is 11.3. The van der Waals surface area contributed by atoms with E-state index in [2.05, 4.69) is 5.32 Å². The van der Waals surface area contributed by atoms with Crippen molar-refractivity contribution in [2.24, 2.45) is 0 Å². The first kappa shape index (κ1) is 9.83. The Morgan fingerprint density at radius 2 is 2.46 bits per heavy atom. The summed E-state index contributed by atoms with van der Waals surface area (Å²) in [6.45, 7) is 2.75. The number of piperazine rings is 1. The van der Waals surface area contributed by atoms with Crippen molar-refractivity contribution < 1.29 is 14.7 Å². The lowest BCUT2D eigenvalue weighted by Crippen LogP contribution is -2.56. The highest BCUT2D eigenvalue weighted by molar-refractivity contribution is 5.86. The second-order valence-electron chi connectivity index (χ2n) is 3.07. The zero-order valence-electron chi connectivity index (χ0n) is 7.62. The van der Waals surface area contributed by atoms with E-state index in [1.807, 2.05) is 6.92 Å². The number of carbonyl (C=O) groups excluding carboxylic acids is 1. The molecule has 0 radical (unpaired) electrons. The second-order valence-corrected chi connectivity index (χ2v) is 3.07. The van der Waals surface area contributed by atoms with E-state index in [0.717, 1.165) is 6.42 Å². The van der Waals surface area contributed by atoms with Crippen LogP contribution in [0.2, 0.25) is 0 Å². The van der Waals surface area contributed by atoms with Gasteiger partial charge in [-0.2, -0.15) is 0 Å². The molecular weight excluding hydrogens is 172 g/mol. The Kier molecular flexibility index (Phi) is 3.11. The molecule has 1 aliphatic heterocycles. The van der Waals surface area contributed by atoms with Gasteiger partial charge in [0, 0.05) is 13.1 Å². The summed E-state index contributed by atoms with van der Waals surface area (Å²) < 4.78 is 0. The standard InChI is InChI=1S/C8H14N2O3/c1-2-3-6-7(11)9-4-5-10(6)8(12)13/h6H,2-5H2,1H3,(H,9,11)(H,12,13)/t6-/m0/s1. The Morgan fingerprint density at radius 1 is 1.77 bits per heavy atom. The van der Waals surface area contributed by atoms with E-state index in [1.54, 1.807) is 0 Å². The van der Waals surface area contributed by atoms with E-state index in [4.69, 9.17) is 5.11 Å².